The van der Waals surface area contributed by atoms with Crippen LogP contribution in [0.25, 0.3) is 11.0 Å². The number of carbonyl (C=O) groups is 1. The van der Waals surface area contributed by atoms with E-state index in [4.69, 9.17) is 4.42 Å². The van der Waals surface area contributed by atoms with Crippen molar-refractivity contribution >= 4 is 22.6 Å². The molecule has 1 aromatic heterocycles. The Kier molecular flexibility index (Phi) is 3.48. The van der Waals surface area contributed by atoms with Crippen molar-refractivity contribution in [2.75, 3.05) is 5.32 Å². The summed E-state index contributed by atoms with van der Waals surface area (Å²) in [5, 5.41) is 3.79. The van der Waals surface area contributed by atoms with Crippen LogP contribution in [-0.4, -0.2) is 5.91 Å². The zero-order valence-electron chi connectivity index (χ0n) is 12.1. The monoisotopic (exact) mass is 279 g/mol. The zero-order valence-corrected chi connectivity index (χ0v) is 12.1. The second kappa shape index (κ2) is 5.44. The zero-order chi connectivity index (χ0) is 14.8. The summed E-state index contributed by atoms with van der Waals surface area (Å²) in [5.41, 5.74) is 3.86. The molecular formula is C18H17NO2. The summed E-state index contributed by atoms with van der Waals surface area (Å²) in [5.74, 6) is 0.100. The molecule has 1 amide bonds. The van der Waals surface area contributed by atoms with Gasteiger partial charge in [0.05, 0.1) is 0 Å². The summed E-state index contributed by atoms with van der Waals surface area (Å²) >= 11 is 0. The first-order valence-electron chi connectivity index (χ1n) is 7.06. The van der Waals surface area contributed by atoms with Crippen molar-refractivity contribution in [3.05, 3.63) is 65.4 Å². The van der Waals surface area contributed by atoms with E-state index < -0.39 is 0 Å². The highest BCUT2D eigenvalue weighted by Gasteiger charge is 2.12. The molecule has 0 bridgehead atoms. The summed E-state index contributed by atoms with van der Waals surface area (Å²) in [6, 6.07) is 15.5. The number of hydrogen-bond acceptors (Lipinski definition) is 2. The first kappa shape index (κ1) is 13.4. The first-order chi connectivity index (χ1) is 10.2. The Morgan fingerprint density at radius 1 is 1.10 bits per heavy atom. The number of rotatable bonds is 3. The second-order valence-electron chi connectivity index (χ2n) is 5.16. The lowest BCUT2D eigenvalue weighted by molar-refractivity contribution is 0.0998. The predicted octanol–water partition coefficient (Wildman–Crippen LogP) is 4.56. The number of furan rings is 1. The number of nitrogens with one attached hydrogen (secondary N) is 1. The van der Waals surface area contributed by atoms with E-state index in [1.54, 1.807) is 6.07 Å². The maximum absolute atomic E-state index is 12.2. The van der Waals surface area contributed by atoms with E-state index in [1.165, 1.54) is 5.56 Å². The molecule has 0 radical (unpaired) electrons. The van der Waals surface area contributed by atoms with Crippen LogP contribution in [0, 0.1) is 6.92 Å². The fraction of sp³-hybridized carbons (Fsp3) is 0.167. The molecule has 1 heterocycles. The van der Waals surface area contributed by atoms with E-state index in [-0.39, 0.29) is 5.91 Å². The fourth-order valence-corrected chi connectivity index (χ4v) is 2.27. The SMILES string of the molecule is CCc1ccc(NC(=O)c2cc3ccc(C)cc3o2)cc1. The molecule has 0 atom stereocenters. The average molecular weight is 279 g/mol. The lowest BCUT2D eigenvalue weighted by Gasteiger charge is -2.03. The van der Waals surface area contributed by atoms with Crippen molar-refractivity contribution in [3.63, 3.8) is 0 Å². The molecule has 3 heteroatoms. The third kappa shape index (κ3) is 2.82. The predicted molar refractivity (Wildman–Crippen MR) is 84.7 cm³/mol. The molecule has 0 unspecified atom stereocenters. The molecule has 3 aromatic rings. The van der Waals surface area contributed by atoms with Gasteiger partial charge in [-0.2, -0.15) is 0 Å². The summed E-state index contributed by atoms with van der Waals surface area (Å²) in [6.07, 6.45) is 0.983. The van der Waals surface area contributed by atoms with Crippen molar-refractivity contribution in [2.24, 2.45) is 0 Å². The quantitative estimate of drug-likeness (QED) is 0.764. The van der Waals surface area contributed by atoms with Crippen molar-refractivity contribution < 1.29 is 9.21 Å². The molecule has 0 saturated heterocycles. The summed E-state index contributed by atoms with van der Waals surface area (Å²) in [7, 11) is 0. The summed E-state index contributed by atoms with van der Waals surface area (Å²) in [6.45, 7) is 4.10. The van der Waals surface area contributed by atoms with Crippen LogP contribution in [0.1, 0.15) is 28.6 Å². The fourth-order valence-electron chi connectivity index (χ4n) is 2.27. The molecule has 0 fully saturated rings. The number of benzene rings is 2. The van der Waals surface area contributed by atoms with Crippen molar-refractivity contribution in [1.82, 2.24) is 0 Å². The normalized spacial score (nSPS) is 10.8. The van der Waals surface area contributed by atoms with E-state index >= 15 is 0 Å². The smallest absolute Gasteiger partial charge is 0.291 e. The summed E-state index contributed by atoms with van der Waals surface area (Å²) < 4.78 is 5.62. The van der Waals surface area contributed by atoms with Crippen LogP contribution in [0.4, 0.5) is 5.69 Å². The molecule has 21 heavy (non-hydrogen) atoms. The summed E-state index contributed by atoms with van der Waals surface area (Å²) in [4.78, 5) is 12.2. The molecule has 0 aliphatic rings. The van der Waals surface area contributed by atoms with Gasteiger partial charge in [0.2, 0.25) is 0 Å². The molecule has 106 valence electrons. The Morgan fingerprint density at radius 3 is 2.57 bits per heavy atom. The van der Waals surface area contributed by atoms with Gasteiger partial charge in [0.1, 0.15) is 5.58 Å². The largest absolute Gasteiger partial charge is 0.451 e. The van der Waals surface area contributed by atoms with E-state index in [9.17, 15) is 4.79 Å². The topological polar surface area (TPSA) is 42.2 Å². The standard InChI is InChI=1S/C18H17NO2/c1-3-13-5-8-15(9-6-13)19-18(20)17-11-14-7-4-12(2)10-16(14)21-17/h4-11H,3H2,1-2H3,(H,19,20). The number of amides is 1. The highest BCUT2D eigenvalue weighted by atomic mass is 16.3. The molecule has 0 aliphatic carbocycles. The molecule has 0 aliphatic heterocycles. The first-order valence-corrected chi connectivity index (χ1v) is 7.06. The lowest BCUT2D eigenvalue weighted by atomic mass is 10.1. The van der Waals surface area contributed by atoms with E-state index in [0.717, 1.165) is 28.6 Å². The van der Waals surface area contributed by atoms with Gasteiger partial charge in [-0.15, -0.1) is 0 Å². The molecule has 2 aromatic carbocycles. The average Bonchev–Trinajstić information content (AvgIpc) is 2.91. The van der Waals surface area contributed by atoms with E-state index in [0.29, 0.717) is 5.76 Å². The minimum atomic E-state index is -0.229. The Balaban J connectivity index is 1.82. The van der Waals surface area contributed by atoms with Gasteiger partial charge in [-0.3, -0.25) is 4.79 Å². The van der Waals surface area contributed by atoms with Gasteiger partial charge in [-0.1, -0.05) is 31.2 Å². The lowest BCUT2D eigenvalue weighted by Crippen LogP contribution is -2.10. The van der Waals surface area contributed by atoms with Crippen LogP contribution in [0.2, 0.25) is 0 Å². The van der Waals surface area contributed by atoms with Gasteiger partial charge >= 0.3 is 0 Å². The maximum atomic E-state index is 12.2. The van der Waals surface area contributed by atoms with Crippen molar-refractivity contribution in [3.8, 4) is 0 Å². The van der Waals surface area contributed by atoms with Crippen LogP contribution in [0.15, 0.2) is 52.9 Å². The van der Waals surface area contributed by atoms with Crippen LogP contribution < -0.4 is 5.32 Å². The Labute approximate surface area is 123 Å². The third-order valence-electron chi connectivity index (χ3n) is 3.52. The van der Waals surface area contributed by atoms with Gasteiger partial charge < -0.3 is 9.73 Å². The van der Waals surface area contributed by atoms with Gasteiger partial charge in [-0.05, 0) is 48.7 Å². The Hall–Kier alpha value is -2.55. The number of aryl methyl sites for hydroxylation is 2. The Morgan fingerprint density at radius 2 is 1.86 bits per heavy atom. The maximum Gasteiger partial charge on any atom is 0.291 e. The Bertz CT molecular complexity index is 785. The minimum Gasteiger partial charge on any atom is -0.451 e. The molecule has 0 spiro atoms. The number of carbonyl (C=O) groups excluding carboxylic acids is 1. The van der Waals surface area contributed by atoms with E-state index in [2.05, 4.69) is 12.2 Å². The van der Waals surface area contributed by atoms with Crippen LogP contribution in [0.3, 0.4) is 0 Å². The van der Waals surface area contributed by atoms with Crippen LogP contribution in [0.5, 0.6) is 0 Å². The van der Waals surface area contributed by atoms with Gasteiger partial charge in [0.25, 0.3) is 5.91 Å². The van der Waals surface area contributed by atoms with Crippen molar-refractivity contribution in [1.29, 1.82) is 0 Å². The third-order valence-corrected chi connectivity index (χ3v) is 3.52. The van der Waals surface area contributed by atoms with Crippen molar-refractivity contribution in [2.45, 2.75) is 20.3 Å². The highest BCUT2D eigenvalue weighted by molar-refractivity contribution is 6.04. The van der Waals surface area contributed by atoms with Gasteiger partial charge in [0.15, 0.2) is 5.76 Å². The van der Waals surface area contributed by atoms with Crippen LogP contribution >= 0.6 is 0 Å². The minimum absolute atomic E-state index is 0.229. The molecule has 0 saturated carbocycles. The molecule has 3 nitrogen and oxygen atoms in total. The molecule has 1 N–H and O–H groups in total. The number of fused-ring (bicyclic) bond motifs is 1. The number of hydrogen-bond donors (Lipinski definition) is 1. The van der Waals surface area contributed by atoms with Crippen LogP contribution in [-0.2, 0) is 6.42 Å². The highest BCUT2D eigenvalue weighted by Crippen LogP contribution is 2.21. The van der Waals surface area contributed by atoms with Gasteiger partial charge in [0, 0.05) is 11.1 Å². The van der Waals surface area contributed by atoms with Gasteiger partial charge in [-0.25, -0.2) is 0 Å². The van der Waals surface area contributed by atoms with E-state index in [1.807, 2.05) is 49.4 Å². The molecular weight excluding hydrogens is 262 g/mol. The number of anilines is 1. The second-order valence-corrected chi connectivity index (χ2v) is 5.16. The molecule has 3 rings (SSSR count).